The summed E-state index contributed by atoms with van der Waals surface area (Å²) in [5.74, 6) is 0. The predicted molar refractivity (Wildman–Crippen MR) is 64.7 cm³/mol. The Labute approximate surface area is 96.3 Å². The van der Waals surface area contributed by atoms with Gasteiger partial charge in [0.15, 0.2) is 0 Å². The summed E-state index contributed by atoms with van der Waals surface area (Å²) in [6.45, 7) is 5.31. The van der Waals surface area contributed by atoms with Crippen molar-refractivity contribution in [3.8, 4) is 0 Å². The minimum atomic E-state index is 0.290. The second-order valence-electron chi connectivity index (χ2n) is 4.19. The number of aryl methyl sites for hydroxylation is 1. The highest BCUT2D eigenvalue weighted by Gasteiger charge is 2.27. The molecular formula is C12H17ClN2. The second kappa shape index (κ2) is 4.40. The monoisotopic (exact) mass is 224 g/mol. The van der Waals surface area contributed by atoms with Crippen molar-refractivity contribution in [3.05, 3.63) is 24.0 Å². The van der Waals surface area contributed by atoms with Gasteiger partial charge in [-0.2, -0.15) is 0 Å². The van der Waals surface area contributed by atoms with Gasteiger partial charge in [0.2, 0.25) is 0 Å². The molecule has 2 rings (SSSR count). The van der Waals surface area contributed by atoms with E-state index < -0.39 is 0 Å². The summed E-state index contributed by atoms with van der Waals surface area (Å²) >= 11 is 6.17. The van der Waals surface area contributed by atoms with E-state index in [4.69, 9.17) is 11.6 Å². The number of anilines is 1. The third-order valence-corrected chi connectivity index (χ3v) is 3.33. The van der Waals surface area contributed by atoms with Crippen LogP contribution in [0.2, 0.25) is 0 Å². The van der Waals surface area contributed by atoms with Crippen LogP contribution < -0.4 is 4.90 Å². The first-order valence-corrected chi connectivity index (χ1v) is 6.00. The van der Waals surface area contributed by atoms with Crippen molar-refractivity contribution in [2.45, 2.75) is 38.1 Å². The molecule has 1 saturated heterocycles. The van der Waals surface area contributed by atoms with Crippen molar-refractivity contribution in [2.75, 3.05) is 11.4 Å². The van der Waals surface area contributed by atoms with E-state index in [1.54, 1.807) is 0 Å². The highest BCUT2D eigenvalue weighted by Crippen LogP contribution is 2.28. The van der Waals surface area contributed by atoms with Gasteiger partial charge in [-0.1, -0.05) is 6.92 Å². The summed E-state index contributed by atoms with van der Waals surface area (Å²) in [6, 6.07) is 4.79. The largest absolute Gasteiger partial charge is 0.367 e. The fourth-order valence-corrected chi connectivity index (χ4v) is 2.57. The van der Waals surface area contributed by atoms with Crippen LogP contribution in [0, 0.1) is 0 Å². The Morgan fingerprint density at radius 1 is 1.60 bits per heavy atom. The van der Waals surface area contributed by atoms with Crippen LogP contribution in [0.15, 0.2) is 18.3 Å². The number of rotatable bonds is 2. The summed E-state index contributed by atoms with van der Waals surface area (Å²) in [5.41, 5.74) is 2.41. The average molecular weight is 225 g/mol. The van der Waals surface area contributed by atoms with Crippen molar-refractivity contribution in [2.24, 2.45) is 0 Å². The molecule has 1 aliphatic rings. The molecule has 82 valence electrons. The zero-order valence-electron chi connectivity index (χ0n) is 9.28. The lowest BCUT2D eigenvalue weighted by Gasteiger charge is -2.23. The third kappa shape index (κ3) is 2.25. The summed E-state index contributed by atoms with van der Waals surface area (Å²) in [6.07, 6.45) is 3.95. The normalized spacial score (nSPS) is 25.9. The van der Waals surface area contributed by atoms with E-state index in [-0.39, 0.29) is 0 Å². The van der Waals surface area contributed by atoms with Gasteiger partial charge in [-0.05, 0) is 31.9 Å². The fraction of sp³-hybridized carbons (Fsp3) is 0.583. The standard InChI is InChI=1S/C12H17ClN2/c1-3-11-7-12(4-5-14-11)15-8-10(13)6-9(15)2/h4-5,7,9-10H,3,6,8H2,1-2H3. The predicted octanol–water partition coefficient (Wildman–Crippen LogP) is 2.85. The van der Waals surface area contributed by atoms with Gasteiger partial charge in [-0.3, -0.25) is 4.98 Å². The molecule has 0 amide bonds. The van der Waals surface area contributed by atoms with E-state index in [0.717, 1.165) is 25.1 Å². The Bertz CT molecular complexity index is 340. The zero-order chi connectivity index (χ0) is 10.8. The maximum atomic E-state index is 6.17. The molecule has 1 aromatic rings. The smallest absolute Gasteiger partial charge is 0.0530 e. The molecule has 3 heteroatoms. The summed E-state index contributed by atoms with van der Waals surface area (Å²) in [4.78, 5) is 6.69. The molecule has 0 aromatic carbocycles. The molecule has 0 bridgehead atoms. The highest BCUT2D eigenvalue weighted by molar-refractivity contribution is 6.21. The minimum absolute atomic E-state index is 0.290. The molecule has 2 nitrogen and oxygen atoms in total. The molecule has 1 fully saturated rings. The van der Waals surface area contributed by atoms with Crippen LogP contribution in [0.25, 0.3) is 0 Å². The molecular weight excluding hydrogens is 208 g/mol. The lowest BCUT2D eigenvalue weighted by atomic mass is 10.2. The Kier molecular flexibility index (Phi) is 3.15. The molecule has 15 heavy (non-hydrogen) atoms. The molecule has 0 spiro atoms. The maximum Gasteiger partial charge on any atom is 0.0530 e. The molecule has 2 unspecified atom stereocenters. The van der Waals surface area contributed by atoms with E-state index >= 15 is 0 Å². The number of aromatic nitrogens is 1. The zero-order valence-corrected chi connectivity index (χ0v) is 10.0. The van der Waals surface area contributed by atoms with E-state index in [2.05, 4.69) is 35.9 Å². The van der Waals surface area contributed by atoms with Gasteiger partial charge in [-0.15, -0.1) is 11.6 Å². The summed E-state index contributed by atoms with van der Waals surface area (Å²) in [7, 11) is 0. The number of nitrogens with zero attached hydrogens (tertiary/aromatic N) is 2. The Balaban J connectivity index is 2.21. The van der Waals surface area contributed by atoms with Gasteiger partial charge in [0.05, 0.1) is 5.38 Å². The van der Waals surface area contributed by atoms with Gasteiger partial charge < -0.3 is 4.90 Å². The fourth-order valence-electron chi connectivity index (χ4n) is 2.16. The van der Waals surface area contributed by atoms with Crippen LogP contribution in [-0.2, 0) is 6.42 Å². The van der Waals surface area contributed by atoms with Gasteiger partial charge in [0.1, 0.15) is 0 Å². The Morgan fingerprint density at radius 3 is 3.00 bits per heavy atom. The number of alkyl halides is 1. The van der Waals surface area contributed by atoms with Crippen molar-refractivity contribution in [1.29, 1.82) is 0 Å². The van der Waals surface area contributed by atoms with E-state index in [1.807, 2.05) is 6.20 Å². The van der Waals surface area contributed by atoms with Crippen molar-refractivity contribution in [1.82, 2.24) is 4.98 Å². The molecule has 0 aliphatic carbocycles. The Hall–Kier alpha value is -0.760. The first-order chi connectivity index (χ1) is 7.20. The maximum absolute atomic E-state index is 6.17. The van der Waals surface area contributed by atoms with E-state index in [0.29, 0.717) is 11.4 Å². The first kappa shape index (κ1) is 10.7. The summed E-state index contributed by atoms with van der Waals surface area (Å²) in [5, 5.41) is 0.290. The van der Waals surface area contributed by atoms with Crippen LogP contribution in [0.1, 0.15) is 26.0 Å². The Morgan fingerprint density at radius 2 is 2.40 bits per heavy atom. The molecule has 1 aliphatic heterocycles. The average Bonchev–Trinajstić information content (AvgIpc) is 2.58. The number of hydrogen-bond acceptors (Lipinski definition) is 2. The molecule has 2 heterocycles. The second-order valence-corrected chi connectivity index (χ2v) is 4.81. The quantitative estimate of drug-likeness (QED) is 0.719. The third-order valence-electron chi connectivity index (χ3n) is 3.02. The highest BCUT2D eigenvalue weighted by atomic mass is 35.5. The van der Waals surface area contributed by atoms with Crippen LogP contribution in [-0.4, -0.2) is 22.9 Å². The van der Waals surface area contributed by atoms with E-state index in [9.17, 15) is 0 Å². The van der Waals surface area contributed by atoms with Gasteiger partial charge in [0, 0.05) is 30.2 Å². The first-order valence-electron chi connectivity index (χ1n) is 5.56. The molecule has 0 N–H and O–H groups in total. The van der Waals surface area contributed by atoms with Gasteiger partial charge in [0.25, 0.3) is 0 Å². The van der Waals surface area contributed by atoms with Gasteiger partial charge >= 0.3 is 0 Å². The van der Waals surface area contributed by atoms with Crippen LogP contribution in [0.5, 0.6) is 0 Å². The van der Waals surface area contributed by atoms with Crippen LogP contribution in [0.3, 0.4) is 0 Å². The van der Waals surface area contributed by atoms with Crippen molar-refractivity contribution < 1.29 is 0 Å². The topological polar surface area (TPSA) is 16.1 Å². The molecule has 0 radical (unpaired) electrons. The van der Waals surface area contributed by atoms with Gasteiger partial charge in [-0.25, -0.2) is 0 Å². The van der Waals surface area contributed by atoms with Crippen LogP contribution >= 0.6 is 11.6 Å². The summed E-state index contributed by atoms with van der Waals surface area (Å²) < 4.78 is 0. The van der Waals surface area contributed by atoms with Crippen molar-refractivity contribution >= 4 is 17.3 Å². The number of pyridine rings is 1. The number of hydrogen-bond donors (Lipinski definition) is 0. The van der Waals surface area contributed by atoms with Crippen LogP contribution in [0.4, 0.5) is 5.69 Å². The number of halogens is 1. The van der Waals surface area contributed by atoms with Crippen molar-refractivity contribution in [3.63, 3.8) is 0 Å². The van der Waals surface area contributed by atoms with E-state index in [1.165, 1.54) is 5.69 Å². The molecule has 1 aromatic heterocycles. The molecule has 0 saturated carbocycles. The SMILES string of the molecule is CCc1cc(N2CC(Cl)CC2C)ccn1. The minimum Gasteiger partial charge on any atom is -0.367 e. The lowest BCUT2D eigenvalue weighted by Crippen LogP contribution is -2.26. The lowest BCUT2D eigenvalue weighted by molar-refractivity contribution is 0.735. The molecule has 2 atom stereocenters.